The fourth-order valence-corrected chi connectivity index (χ4v) is 1.44. The molecule has 0 spiro atoms. The first-order valence-electron chi connectivity index (χ1n) is 5.45. The maximum Gasteiger partial charge on any atom is 0.241 e. The molecule has 1 aromatic carbocycles. The van der Waals surface area contributed by atoms with Gasteiger partial charge in [0.25, 0.3) is 0 Å². The van der Waals surface area contributed by atoms with Gasteiger partial charge in [-0.25, -0.2) is 0 Å². The molecule has 0 unspecified atom stereocenters. The van der Waals surface area contributed by atoms with Gasteiger partial charge in [0.1, 0.15) is 18.2 Å². The smallest absolute Gasteiger partial charge is 0.241 e. The topological polar surface area (TPSA) is 48.2 Å². The van der Waals surface area contributed by atoms with Crippen LogP contribution < -0.4 is 4.74 Å². The molecule has 0 saturated heterocycles. The first-order valence-corrected chi connectivity index (χ1v) is 5.98. The van der Waals surface area contributed by atoms with Gasteiger partial charge in [-0.05, 0) is 36.8 Å². The number of aromatic nitrogens is 2. The lowest BCUT2D eigenvalue weighted by Crippen LogP contribution is -1.97. The van der Waals surface area contributed by atoms with Gasteiger partial charge in [0, 0.05) is 5.56 Å². The lowest BCUT2D eigenvalue weighted by molar-refractivity contribution is 0.353. The Labute approximate surface area is 110 Å². The molecule has 0 aliphatic carbocycles. The average molecular weight is 265 g/mol. The molecular formula is C13H13ClN2O2. The number of halogens is 1. The monoisotopic (exact) mass is 264 g/mol. The van der Waals surface area contributed by atoms with Crippen molar-refractivity contribution in [2.45, 2.75) is 12.8 Å². The SMILES string of the molecule is C=C(C)COc1ccc(-c2noc(CCl)n2)cc1. The Kier molecular flexibility index (Phi) is 3.99. The largest absolute Gasteiger partial charge is 0.489 e. The van der Waals surface area contributed by atoms with Crippen molar-refractivity contribution in [2.75, 3.05) is 6.61 Å². The zero-order valence-corrected chi connectivity index (χ0v) is 10.8. The molecule has 0 aliphatic heterocycles. The molecule has 0 radical (unpaired) electrons. The molecule has 4 nitrogen and oxygen atoms in total. The lowest BCUT2D eigenvalue weighted by atomic mass is 10.2. The van der Waals surface area contributed by atoms with Gasteiger partial charge >= 0.3 is 0 Å². The summed E-state index contributed by atoms with van der Waals surface area (Å²) in [5.41, 5.74) is 1.83. The Bertz CT molecular complexity index is 534. The molecule has 1 aromatic heterocycles. The van der Waals surface area contributed by atoms with Crippen LogP contribution in [0.3, 0.4) is 0 Å². The molecule has 2 rings (SSSR count). The summed E-state index contributed by atoms with van der Waals surface area (Å²) >= 11 is 5.60. The van der Waals surface area contributed by atoms with Crippen LogP contribution in [0.25, 0.3) is 11.4 Å². The molecule has 1 heterocycles. The van der Waals surface area contributed by atoms with Gasteiger partial charge in [-0.2, -0.15) is 4.98 Å². The van der Waals surface area contributed by atoms with E-state index in [1.807, 2.05) is 31.2 Å². The van der Waals surface area contributed by atoms with E-state index in [2.05, 4.69) is 16.7 Å². The van der Waals surface area contributed by atoms with Crippen LogP contribution in [0, 0.1) is 0 Å². The Morgan fingerprint density at radius 3 is 2.67 bits per heavy atom. The molecule has 2 aromatic rings. The van der Waals surface area contributed by atoms with Crippen molar-refractivity contribution < 1.29 is 9.26 Å². The summed E-state index contributed by atoms with van der Waals surface area (Å²) in [6.45, 7) is 6.21. The van der Waals surface area contributed by atoms with Gasteiger partial charge in [0.2, 0.25) is 11.7 Å². The van der Waals surface area contributed by atoms with E-state index in [-0.39, 0.29) is 5.88 Å². The highest BCUT2D eigenvalue weighted by Gasteiger charge is 2.07. The van der Waals surface area contributed by atoms with Crippen molar-refractivity contribution in [3.05, 3.63) is 42.3 Å². The van der Waals surface area contributed by atoms with E-state index in [9.17, 15) is 0 Å². The number of hydrogen-bond donors (Lipinski definition) is 0. The normalized spacial score (nSPS) is 10.3. The fourth-order valence-electron chi connectivity index (χ4n) is 1.33. The molecule has 5 heteroatoms. The average Bonchev–Trinajstić information content (AvgIpc) is 2.85. The van der Waals surface area contributed by atoms with Crippen molar-refractivity contribution in [3.63, 3.8) is 0 Å². The third-order valence-electron chi connectivity index (χ3n) is 2.18. The third kappa shape index (κ3) is 3.11. The molecule has 0 aliphatic rings. The summed E-state index contributed by atoms with van der Waals surface area (Å²) in [7, 11) is 0. The van der Waals surface area contributed by atoms with Crippen LogP contribution in [-0.4, -0.2) is 16.7 Å². The standard InChI is InChI=1S/C13H13ClN2O2/c1-9(2)8-17-11-5-3-10(4-6-11)13-15-12(7-14)18-16-13/h3-6H,1,7-8H2,2H3. The minimum atomic E-state index is 0.215. The summed E-state index contributed by atoms with van der Waals surface area (Å²) in [4.78, 5) is 4.14. The summed E-state index contributed by atoms with van der Waals surface area (Å²) < 4.78 is 10.4. The molecule has 0 saturated carbocycles. The van der Waals surface area contributed by atoms with E-state index in [1.54, 1.807) is 0 Å². The van der Waals surface area contributed by atoms with Crippen molar-refractivity contribution in [1.29, 1.82) is 0 Å². The van der Waals surface area contributed by atoms with Gasteiger partial charge in [-0.15, -0.1) is 11.6 Å². The van der Waals surface area contributed by atoms with Crippen molar-refractivity contribution in [3.8, 4) is 17.1 Å². The minimum Gasteiger partial charge on any atom is -0.489 e. The van der Waals surface area contributed by atoms with Crippen molar-refractivity contribution >= 4 is 11.6 Å². The number of hydrogen-bond acceptors (Lipinski definition) is 4. The molecular weight excluding hydrogens is 252 g/mol. The zero-order valence-electron chi connectivity index (χ0n) is 10.0. The quantitative estimate of drug-likeness (QED) is 0.613. The highest BCUT2D eigenvalue weighted by Crippen LogP contribution is 2.20. The summed E-state index contributed by atoms with van der Waals surface area (Å²) in [5, 5.41) is 3.84. The van der Waals surface area contributed by atoms with Crippen LogP contribution in [0.5, 0.6) is 5.75 Å². The van der Waals surface area contributed by atoms with Gasteiger partial charge in [-0.3, -0.25) is 0 Å². The Balaban J connectivity index is 2.09. The minimum absolute atomic E-state index is 0.215. The highest BCUT2D eigenvalue weighted by atomic mass is 35.5. The third-order valence-corrected chi connectivity index (χ3v) is 2.41. The predicted molar refractivity (Wildman–Crippen MR) is 69.6 cm³/mol. The van der Waals surface area contributed by atoms with Gasteiger partial charge in [-0.1, -0.05) is 11.7 Å². The summed E-state index contributed by atoms with van der Waals surface area (Å²) in [6.07, 6.45) is 0. The number of rotatable bonds is 5. The molecule has 94 valence electrons. The van der Waals surface area contributed by atoms with Crippen LogP contribution in [0.4, 0.5) is 0 Å². The maximum atomic E-state index is 5.60. The van der Waals surface area contributed by atoms with E-state index in [1.165, 1.54) is 0 Å². The Hall–Kier alpha value is -1.81. The van der Waals surface area contributed by atoms with Gasteiger partial charge in [0.15, 0.2) is 0 Å². The number of alkyl halides is 1. The Morgan fingerprint density at radius 2 is 2.11 bits per heavy atom. The number of benzene rings is 1. The van der Waals surface area contributed by atoms with E-state index < -0.39 is 0 Å². The van der Waals surface area contributed by atoms with E-state index in [4.69, 9.17) is 20.9 Å². The van der Waals surface area contributed by atoms with Crippen LogP contribution >= 0.6 is 11.6 Å². The van der Waals surface area contributed by atoms with E-state index in [0.717, 1.165) is 16.9 Å². The highest BCUT2D eigenvalue weighted by molar-refractivity contribution is 6.16. The summed E-state index contributed by atoms with van der Waals surface area (Å²) in [6, 6.07) is 7.46. The maximum absolute atomic E-state index is 5.60. The van der Waals surface area contributed by atoms with Crippen LogP contribution in [-0.2, 0) is 5.88 Å². The number of ether oxygens (including phenoxy) is 1. The van der Waals surface area contributed by atoms with Crippen molar-refractivity contribution in [1.82, 2.24) is 10.1 Å². The van der Waals surface area contributed by atoms with E-state index in [0.29, 0.717) is 18.3 Å². The second-order valence-corrected chi connectivity index (χ2v) is 4.18. The first-order chi connectivity index (χ1) is 8.69. The predicted octanol–water partition coefficient (Wildman–Crippen LogP) is 3.43. The molecule has 0 N–H and O–H groups in total. The molecule has 0 atom stereocenters. The fraction of sp³-hybridized carbons (Fsp3) is 0.231. The second kappa shape index (κ2) is 5.69. The van der Waals surface area contributed by atoms with E-state index >= 15 is 0 Å². The zero-order chi connectivity index (χ0) is 13.0. The van der Waals surface area contributed by atoms with Crippen LogP contribution in [0.2, 0.25) is 0 Å². The Morgan fingerprint density at radius 1 is 1.39 bits per heavy atom. The molecule has 0 bridgehead atoms. The first kappa shape index (κ1) is 12.6. The number of nitrogens with zero attached hydrogens (tertiary/aromatic N) is 2. The molecule has 18 heavy (non-hydrogen) atoms. The van der Waals surface area contributed by atoms with Crippen LogP contribution in [0.1, 0.15) is 12.8 Å². The van der Waals surface area contributed by atoms with Crippen LogP contribution in [0.15, 0.2) is 40.9 Å². The lowest BCUT2D eigenvalue weighted by Gasteiger charge is -2.05. The van der Waals surface area contributed by atoms with Gasteiger partial charge < -0.3 is 9.26 Å². The molecule has 0 fully saturated rings. The molecule has 0 amide bonds. The van der Waals surface area contributed by atoms with Crippen molar-refractivity contribution in [2.24, 2.45) is 0 Å². The summed E-state index contributed by atoms with van der Waals surface area (Å²) in [5.74, 6) is 1.93. The second-order valence-electron chi connectivity index (χ2n) is 3.92. The van der Waals surface area contributed by atoms with Gasteiger partial charge in [0.05, 0.1) is 0 Å².